The van der Waals surface area contributed by atoms with Crippen LogP contribution in [0.2, 0.25) is 0 Å². The topological polar surface area (TPSA) is 28.7 Å². The molecule has 0 spiro atoms. The Morgan fingerprint density at radius 2 is 2.08 bits per heavy atom. The van der Waals surface area contributed by atoms with E-state index in [1.807, 2.05) is 0 Å². The van der Waals surface area contributed by atoms with Crippen molar-refractivity contribution in [3.8, 4) is 0 Å². The largest absolute Gasteiger partial charge is 0.349 e. The lowest BCUT2D eigenvalue weighted by Crippen LogP contribution is -1.97. The van der Waals surface area contributed by atoms with Gasteiger partial charge in [0.2, 0.25) is 0 Å². The summed E-state index contributed by atoms with van der Waals surface area (Å²) in [4.78, 5) is 7.29. The van der Waals surface area contributed by atoms with Crippen LogP contribution in [0.25, 0.3) is 0 Å². The van der Waals surface area contributed by atoms with Gasteiger partial charge in [-0.3, -0.25) is 0 Å². The van der Waals surface area contributed by atoms with Gasteiger partial charge in [0.15, 0.2) is 0 Å². The zero-order chi connectivity index (χ0) is 8.39. The summed E-state index contributed by atoms with van der Waals surface area (Å²) in [6.07, 6.45) is 7.82. The number of aromatic amines is 1. The van der Waals surface area contributed by atoms with Gasteiger partial charge in [-0.25, -0.2) is 4.98 Å². The Morgan fingerprint density at radius 1 is 1.25 bits per heavy atom. The Bertz CT molecular complexity index is 330. The van der Waals surface area contributed by atoms with E-state index in [1.165, 1.54) is 30.5 Å². The third-order valence-corrected chi connectivity index (χ3v) is 2.75. The predicted octanol–water partition coefficient (Wildman–Crippen LogP) is 2.41. The molecule has 64 valence electrons. The van der Waals surface area contributed by atoms with Crippen LogP contribution >= 0.6 is 12.2 Å². The molecule has 0 saturated carbocycles. The molecule has 12 heavy (non-hydrogen) atoms. The van der Waals surface area contributed by atoms with Gasteiger partial charge in [-0.15, -0.1) is 0 Å². The molecule has 0 fully saturated rings. The van der Waals surface area contributed by atoms with E-state index < -0.39 is 0 Å². The van der Waals surface area contributed by atoms with E-state index in [0.29, 0.717) is 0 Å². The third-order valence-electron chi connectivity index (χ3n) is 2.40. The second kappa shape index (κ2) is 3.35. The Hall–Kier alpha value is -0.700. The van der Waals surface area contributed by atoms with E-state index in [2.05, 4.69) is 9.97 Å². The van der Waals surface area contributed by atoms with Gasteiger partial charge in [0.05, 0.1) is 6.33 Å². The van der Waals surface area contributed by atoms with Crippen LogP contribution in [-0.2, 0) is 12.8 Å². The first-order valence-electron chi connectivity index (χ1n) is 4.43. The molecular weight excluding hydrogens is 168 g/mol. The van der Waals surface area contributed by atoms with Crippen molar-refractivity contribution in [3.63, 3.8) is 0 Å². The molecule has 1 aliphatic rings. The number of hydrogen-bond acceptors (Lipinski definition) is 2. The molecule has 2 rings (SSSR count). The number of fused-ring (bicyclic) bond motifs is 1. The van der Waals surface area contributed by atoms with Crippen molar-refractivity contribution in [2.24, 2.45) is 0 Å². The van der Waals surface area contributed by atoms with Crippen molar-refractivity contribution < 1.29 is 0 Å². The van der Waals surface area contributed by atoms with E-state index in [-0.39, 0.29) is 0 Å². The molecule has 0 aliphatic heterocycles. The van der Waals surface area contributed by atoms with E-state index >= 15 is 0 Å². The molecule has 1 aromatic heterocycles. The Labute approximate surface area is 77.0 Å². The van der Waals surface area contributed by atoms with Crippen LogP contribution < -0.4 is 0 Å². The lowest BCUT2D eigenvalue weighted by molar-refractivity contribution is 0.708. The number of hydrogen-bond donors (Lipinski definition) is 1. The van der Waals surface area contributed by atoms with Crippen molar-refractivity contribution in [1.29, 1.82) is 0 Å². The number of rotatable bonds is 0. The van der Waals surface area contributed by atoms with Crippen LogP contribution in [0.5, 0.6) is 0 Å². The highest BCUT2D eigenvalue weighted by Crippen LogP contribution is 2.18. The molecule has 0 radical (unpaired) electrons. The number of nitrogens with zero attached hydrogens (tertiary/aromatic N) is 1. The first-order chi connectivity index (χ1) is 5.88. The van der Waals surface area contributed by atoms with E-state index in [1.54, 1.807) is 6.33 Å². The number of aryl methyl sites for hydroxylation is 1. The Morgan fingerprint density at radius 3 is 3.00 bits per heavy atom. The fourth-order valence-electron chi connectivity index (χ4n) is 1.72. The maximum atomic E-state index is 5.17. The van der Waals surface area contributed by atoms with Gasteiger partial charge in [0.1, 0.15) is 4.64 Å². The fraction of sp³-hybridized carbons (Fsp3) is 0.556. The van der Waals surface area contributed by atoms with Crippen LogP contribution in [0.1, 0.15) is 30.5 Å². The zero-order valence-electron chi connectivity index (χ0n) is 6.97. The molecule has 1 N–H and O–H groups in total. The highest BCUT2D eigenvalue weighted by atomic mass is 32.1. The summed E-state index contributed by atoms with van der Waals surface area (Å²) in [6.45, 7) is 0. The smallest absolute Gasteiger partial charge is 0.132 e. The summed E-state index contributed by atoms with van der Waals surface area (Å²) in [7, 11) is 0. The lowest BCUT2D eigenvalue weighted by atomic mass is 10.1. The highest BCUT2D eigenvalue weighted by Gasteiger charge is 2.08. The van der Waals surface area contributed by atoms with Crippen molar-refractivity contribution in [3.05, 3.63) is 22.2 Å². The lowest BCUT2D eigenvalue weighted by Gasteiger charge is -2.02. The van der Waals surface area contributed by atoms with Crippen molar-refractivity contribution >= 4 is 12.2 Å². The quantitative estimate of drug-likeness (QED) is 0.490. The molecule has 1 aromatic rings. The minimum atomic E-state index is 0.797. The van der Waals surface area contributed by atoms with Gasteiger partial charge >= 0.3 is 0 Å². The van der Waals surface area contributed by atoms with Crippen LogP contribution in [0.15, 0.2) is 6.33 Å². The molecule has 0 atom stereocenters. The molecule has 2 nitrogen and oxygen atoms in total. The van der Waals surface area contributed by atoms with Gasteiger partial charge in [0.25, 0.3) is 0 Å². The second-order valence-corrected chi connectivity index (χ2v) is 3.61. The van der Waals surface area contributed by atoms with Gasteiger partial charge in [-0.1, -0.05) is 18.6 Å². The maximum absolute atomic E-state index is 5.17. The second-order valence-electron chi connectivity index (χ2n) is 3.23. The molecule has 0 saturated heterocycles. The molecule has 1 aliphatic carbocycles. The van der Waals surface area contributed by atoms with E-state index in [0.717, 1.165) is 17.5 Å². The molecule has 0 amide bonds. The summed E-state index contributed by atoms with van der Waals surface area (Å²) in [5.74, 6) is 0. The van der Waals surface area contributed by atoms with Crippen LogP contribution in [0, 0.1) is 4.64 Å². The normalized spacial score (nSPS) is 16.7. The maximum Gasteiger partial charge on any atom is 0.132 e. The summed E-state index contributed by atoms with van der Waals surface area (Å²) >= 11 is 5.17. The first-order valence-corrected chi connectivity index (χ1v) is 4.84. The minimum Gasteiger partial charge on any atom is -0.349 e. The van der Waals surface area contributed by atoms with Crippen LogP contribution in [0.4, 0.5) is 0 Å². The summed E-state index contributed by atoms with van der Waals surface area (Å²) in [6, 6.07) is 0. The molecule has 0 aromatic carbocycles. The van der Waals surface area contributed by atoms with E-state index in [9.17, 15) is 0 Å². The molecule has 0 bridgehead atoms. The van der Waals surface area contributed by atoms with Crippen molar-refractivity contribution in [2.75, 3.05) is 0 Å². The third kappa shape index (κ3) is 1.41. The monoisotopic (exact) mass is 180 g/mol. The average Bonchev–Trinajstić information content (AvgIpc) is 2.30. The molecule has 0 unspecified atom stereocenters. The van der Waals surface area contributed by atoms with Gasteiger partial charge in [-0.2, -0.15) is 0 Å². The van der Waals surface area contributed by atoms with Crippen LogP contribution in [0.3, 0.4) is 0 Å². The zero-order valence-corrected chi connectivity index (χ0v) is 7.78. The number of aromatic nitrogens is 2. The van der Waals surface area contributed by atoms with Crippen molar-refractivity contribution in [2.45, 2.75) is 32.1 Å². The number of nitrogens with one attached hydrogen (secondary N) is 1. The number of H-pyrrole nitrogens is 1. The highest BCUT2D eigenvalue weighted by molar-refractivity contribution is 7.71. The Kier molecular flexibility index (Phi) is 2.21. The van der Waals surface area contributed by atoms with Crippen LogP contribution in [-0.4, -0.2) is 9.97 Å². The average molecular weight is 180 g/mol. The first kappa shape index (κ1) is 7.92. The fourth-order valence-corrected chi connectivity index (χ4v) is 2.00. The van der Waals surface area contributed by atoms with Gasteiger partial charge in [0, 0.05) is 11.3 Å². The van der Waals surface area contributed by atoms with Gasteiger partial charge in [-0.05, 0) is 25.7 Å². The van der Waals surface area contributed by atoms with Gasteiger partial charge < -0.3 is 4.98 Å². The SMILES string of the molecule is S=c1nc[nH]c2c1CCCCC2. The minimum absolute atomic E-state index is 0.797. The van der Waals surface area contributed by atoms with E-state index in [4.69, 9.17) is 12.2 Å². The standard InChI is InChI=1S/C9H12N2S/c12-9-7-4-2-1-3-5-8(7)10-6-11-9/h6H,1-5H2,(H,10,11,12). The Balaban J connectivity index is 2.49. The summed E-state index contributed by atoms with van der Waals surface area (Å²) in [5.41, 5.74) is 2.59. The molecule has 1 heterocycles. The van der Waals surface area contributed by atoms with Crippen molar-refractivity contribution in [1.82, 2.24) is 9.97 Å². The molecular formula is C9H12N2S. The predicted molar refractivity (Wildman–Crippen MR) is 50.7 cm³/mol. The summed E-state index contributed by atoms with van der Waals surface area (Å²) in [5, 5.41) is 0. The molecule has 3 heteroatoms. The summed E-state index contributed by atoms with van der Waals surface area (Å²) < 4.78 is 0.797.